The molecule has 0 radical (unpaired) electrons. The zero-order valence-corrected chi connectivity index (χ0v) is 19.6. The lowest BCUT2D eigenvalue weighted by Gasteiger charge is -2.21. The van der Waals surface area contributed by atoms with Crippen LogP contribution in [0.1, 0.15) is 24.0 Å². The Hall–Kier alpha value is -2.43. The molecule has 3 aliphatic rings. The Morgan fingerprint density at radius 1 is 0.875 bits per heavy atom. The van der Waals surface area contributed by atoms with Gasteiger partial charge in [-0.3, -0.25) is 9.10 Å². The SMILES string of the molecule is CN(C)S(=O)(=O)c1ccc2c(c1)CCN2S(=O)(=O)c1ccc2c(c1)CCN2C(=O)C1CC1. The predicted octanol–water partition coefficient (Wildman–Crippen LogP) is 1.99. The molecular formula is C22H25N3O5S2. The molecule has 2 heterocycles. The number of hydrogen-bond acceptors (Lipinski definition) is 5. The van der Waals surface area contributed by atoms with E-state index in [4.69, 9.17) is 0 Å². The molecule has 1 saturated carbocycles. The molecule has 0 aromatic heterocycles. The fraction of sp³-hybridized carbons (Fsp3) is 0.409. The average molecular weight is 476 g/mol. The maximum Gasteiger partial charge on any atom is 0.264 e. The number of sulfonamides is 2. The Balaban J connectivity index is 1.45. The van der Waals surface area contributed by atoms with Gasteiger partial charge in [-0.1, -0.05) is 0 Å². The minimum absolute atomic E-state index is 0.117. The van der Waals surface area contributed by atoms with Crippen molar-refractivity contribution in [2.45, 2.75) is 35.5 Å². The number of carbonyl (C=O) groups excluding carboxylic acids is 1. The number of amides is 1. The highest BCUT2D eigenvalue weighted by molar-refractivity contribution is 7.92. The van der Waals surface area contributed by atoms with Crippen LogP contribution in [0.3, 0.4) is 0 Å². The Labute approximate surface area is 188 Å². The first-order valence-corrected chi connectivity index (χ1v) is 13.5. The summed E-state index contributed by atoms with van der Waals surface area (Å²) in [5.74, 6) is 0.253. The second kappa shape index (κ2) is 7.29. The normalized spacial score (nSPS) is 18.2. The van der Waals surface area contributed by atoms with E-state index in [1.807, 2.05) is 0 Å². The second-order valence-electron chi connectivity index (χ2n) is 8.71. The van der Waals surface area contributed by atoms with Gasteiger partial charge in [-0.15, -0.1) is 0 Å². The maximum absolute atomic E-state index is 13.4. The summed E-state index contributed by atoms with van der Waals surface area (Å²) in [4.78, 5) is 14.6. The van der Waals surface area contributed by atoms with Crippen LogP contribution >= 0.6 is 0 Å². The molecule has 8 nitrogen and oxygen atoms in total. The molecule has 1 aliphatic carbocycles. The quantitative estimate of drug-likeness (QED) is 0.659. The van der Waals surface area contributed by atoms with Crippen LogP contribution < -0.4 is 9.21 Å². The Morgan fingerprint density at radius 3 is 2.16 bits per heavy atom. The number of benzene rings is 2. The molecule has 2 aliphatic heterocycles. The van der Waals surface area contributed by atoms with Gasteiger partial charge in [0.05, 0.1) is 15.5 Å². The first-order valence-electron chi connectivity index (χ1n) is 10.6. The third kappa shape index (κ3) is 3.32. The van der Waals surface area contributed by atoms with Crippen molar-refractivity contribution in [3.05, 3.63) is 47.5 Å². The summed E-state index contributed by atoms with van der Waals surface area (Å²) in [6.07, 6.45) is 2.95. The predicted molar refractivity (Wildman–Crippen MR) is 121 cm³/mol. The molecule has 2 aromatic carbocycles. The topological polar surface area (TPSA) is 95.1 Å². The standard InChI is InChI=1S/C22H25N3O5S2/c1-23(2)31(27,28)18-6-8-21-17(14-18)10-12-25(21)32(29,30)19-5-7-20-16(13-19)9-11-24(20)22(26)15-3-4-15/h5-8,13-15H,3-4,9-12H2,1-2H3. The lowest BCUT2D eigenvalue weighted by Crippen LogP contribution is -2.30. The van der Waals surface area contributed by atoms with Crippen LogP contribution in [-0.4, -0.2) is 54.2 Å². The van der Waals surface area contributed by atoms with E-state index in [2.05, 4.69) is 0 Å². The van der Waals surface area contributed by atoms with Crippen molar-refractivity contribution in [3.8, 4) is 0 Å². The molecular weight excluding hydrogens is 450 g/mol. The Bertz CT molecular complexity index is 1330. The van der Waals surface area contributed by atoms with Crippen LogP contribution in [-0.2, 0) is 37.7 Å². The third-order valence-electron chi connectivity index (χ3n) is 6.41. The van der Waals surface area contributed by atoms with Gasteiger partial charge in [0.1, 0.15) is 0 Å². The van der Waals surface area contributed by atoms with Gasteiger partial charge in [-0.25, -0.2) is 21.1 Å². The number of carbonyl (C=O) groups is 1. The molecule has 0 bridgehead atoms. The molecule has 170 valence electrons. The van der Waals surface area contributed by atoms with Crippen LogP contribution in [0.15, 0.2) is 46.2 Å². The smallest absolute Gasteiger partial charge is 0.264 e. The minimum atomic E-state index is -3.81. The lowest BCUT2D eigenvalue weighted by molar-refractivity contribution is -0.119. The Morgan fingerprint density at radius 2 is 1.47 bits per heavy atom. The van der Waals surface area contributed by atoms with E-state index < -0.39 is 20.0 Å². The monoisotopic (exact) mass is 475 g/mol. The number of anilines is 2. The second-order valence-corrected chi connectivity index (χ2v) is 12.7. The summed E-state index contributed by atoms with van der Waals surface area (Å²) in [6.45, 7) is 0.844. The van der Waals surface area contributed by atoms with Crippen LogP contribution in [0.4, 0.5) is 11.4 Å². The lowest BCUT2D eigenvalue weighted by atomic mass is 10.2. The van der Waals surface area contributed by atoms with Crippen LogP contribution in [0.2, 0.25) is 0 Å². The van der Waals surface area contributed by atoms with Gasteiger partial charge in [0, 0.05) is 38.8 Å². The van der Waals surface area contributed by atoms with E-state index in [0.717, 1.165) is 28.4 Å². The molecule has 0 saturated heterocycles. The molecule has 0 spiro atoms. The fourth-order valence-electron chi connectivity index (χ4n) is 4.41. The summed E-state index contributed by atoms with van der Waals surface area (Å²) in [5, 5.41) is 0. The van der Waals surface area contributed by atoms with Gasteiger partial charge in [0.25, 0.3) is 10.0 Å². The number of fused-ring (bicyclic) bond motifs is 2. The van der Waals surface area contributed by atoms with Gasteiger partial charge >= 0.3 is 0 Å². The number of hydrogen-bond donors (Lipinski definition) is 0. The number of rotatable bonds is 5. The van der Waals surface area contributed by atoms with Crippen molar-refractivity contribution >= 4 is 37.3 Å². The van der Waals surface area contributed by atoms with Crippen LogP contribution in [0.25, 0.3) is 0 Å². The zero-order valence-electron chi connectivity index (χ0n) is 18.0. The van der Waals surface area contributed by atoms with Crippen molar-refractivity contribution in [2.24, 2.45) is 5.92 Å². The first kappa shape index (κ1) is 21.4. The molecule has 0 unspecified atom stereocenters. The van der Waals surface area contributed by atoms with Crippen molar-refractivity contribution in [1.82, 2.24) is 4.31 Å². The first-order chi connectivity index (χ1) is 15.1. The van der Waals surface area contributed by atoms with Gasteiger partial charge in [-0.2, -0.15) is 0 Å². The summed E-state index contributed by atoms with van der Waals surface area (Å²) in [5.41, 5.74) is 2.88. The summed E-state index contributed by atoms with van der Waals surface area (Å²) < 4.78 is 54.2. The average Bonchev–Trinajstić information content (AvgIpc) is 3.38. The molecule has 32 heavy (non-hydrogen) atoms. The van der Waals surface area contributed by atoms with Crippen LogP contribution in [0.5, 0.6) is 0 Å². The van der Waals surface area contributed by atoms with E-state index in [0.29, 0.717) is 30.6 Å². The van der Waals surface area contributed by atoms with E-state index in [1.54, 1.807) is 35.2 Å². The van der Waals surface area contributed by atoms with Gasteiger partial charge in [0.2, 0.25) is 15.9 Å². The molecule has 5 rings (SSSR count). The van der Waals surface area contributed by atoms with Crippen molar-refractivity contribution in [2.75, 3.05) is 36.4 Å². The summed E-state index contributed by atoms with van der Waals surface area (Å²) in [6, 6.07) is 9.55. The minimum Gasteiger partial charge on any atom is -0.312 e. The highest BCUT2D eigenvalue weighted by Gasteiger charge is 2.38. The molecule has 10 heteroatoms. The van der Waals surface area contributed by atoms with Crippen molar-refractivity contribution < 1.29 is 21.6 Å². The van der Waals surface area contributed by atoms with Crippen molar-refractivity contribution in [3.63, 3.8) is 0 Å². The highest BCUT2D eigenvalue weighted by Crippen LogP contribution is 2.39. The molecule has 0 atom stereocenters. The molecule has 2 aromatic rings. The van der Waals surface area contributed by atoms with Crippen molar-refractivity contribution in [1.29, 1.82) is 0 Å². The van der Waals surface area contributed by atoms with Gasteiger partial charge in [-0.05, 0) is 73.2 Å². The molecule has 1 fully saturated rings. The van der Waals surface area contributed by atoms with Crippen LogP contribution in [0, 0.1) is 5.92 Å². The summed E-state index contributed by atoms with van der Waals surface area (Å²) in [7, 11) is -4.47. The fourth-order valence-corrected chi connectivity index (χ4v) is 6.92. The highest BCUT2D eigenvalue weighted by atomic mass is 32.2. The van der Waals surface area contributed by atoms with E-state index in [1.165, 1.54) is 24.5 Å². The summed E-state index contributed by atoms with van der Waals surface area (Å²) >= 11 is 0. The Kier molecular flexibility index (Phi) is 4.88. The zero-order chi connectivity index (χ0) is 22.8. The molecule has 1 amide bonds. The number of nitrogens with zero attached hydrogens (tertiary/aromatic N) is 3. The van der Waals surface area contributed by atoms with E-state index in [9.17, 15) is 21.6 Å². The largest absolute Gasteiger partial charge is 0.312 e. The molecule has 0 N–H and O–H groups in total. The van der Waals surface area contributed by atoms with Gasteiger partial charge < -0.3 is 4.90 Å². The van der Waals surface area contributed by atoms with Gasteiger partial charge in [0.15, 0.2) is 0 Å². The maximum atomic E-state index is 13.4. The van der Waals surface area contributed by atoms with E-state index >= 15 is 0 Å². The van der Waals surface area contributed by atoms with E-state index in [-0.39, 0.29) is 28.2 Å². The third-order valence-corrected chi connectivity index (χ3v) is 10.0.